The molecule has 1 aromatic carbocycles. The maximum absolute atomic E-state index is 5.79. The second kappa shape index (κ2) is 5.07. The molecule has 0 atom stereocenters. The Bertz CT molecular complexity index is 564. The van der Waals surface area contributed by atoms with Crippen LogP contribution in [-0.2, 0) is 24.0 Å². The summed E-state index contributed by atoms with van der Waals surface area (Å²) in [5.41, 5.74) is 6.43. The molecule has 3 rings (SSSR count). The molecule has 2 aliphatic carbocycles. The van der Waals surface area contributed by atoms with Crippen molar-refractivity contribution in [2.24, 2.45) is 0 Å². The zero-order chi connectivity index (χ0) is 14.3. The van der Waals surface area contributed by atoms with Crippen LogP contribution < -0.4 is 0 Å². The summed E-state index contributed by atoms with van der Waals surface area (Å²) in [4.78, 5) is 0. The molecule has 0 bridgehead atoms. The summed E-state index contributed by atoms with van der Waals surface area (Å²) >= 11 is 0. The van der Waals surface area contributed by atoms with Gasteiger partial charge in [0.25, 0.3) is 0 Å². The van der Waals surface area contributed by atoms with Crippen LogP contribution in [0, 0.1) is 0 Å². The van der Waals surface area contributed by atoms with Gasteiger partial charge in [0.1, 0.15) is 0 Å². The molecule has 0 heterocycles. The summed E-state index contributed by atoms with van der Waals surface area (Å²) in [6.45, 7) is 7.37. The lowest BCUT2D eigenvalue weighted by Crippen LogP contribution is -2.29. The quantitative estimate of drug-likeness (QED) is 0.713. The van der Waals surface area contributed by atoms with Crippen LogP contribution in [0.4, 0.5) is 0 Å². The van der Waals surface area contributed by atoms with Gasteiger partial charge in [-0.25, -0.2) is 0 Å². The standard InChI is InChI=1S/C18H26OSi/c1-19-16-12-11-14-10-9-13-7-5-6-8-15(13)17(14)18(16)20(2,3)4/h9-10H,5-8,11-12H2,1-4H3. The summed E-state index contributed by atoms with van der Waals surface area (Å²) < 4.78 is 5.79. The highest BCUT2D eigenvalue weighted by Crippen LogP contribution is 2.42. The van der Waals surface area contributed by atoms with Crippen molar-refractivity contribution in [1.82, 2.24) is 0 Å². The number of hydrogen-bond acceptors (Lipinski definition) is 1. The first-order valence-electron chi connectivity index (χ1n) is 7.94. The van der Waals surface area contributed by atoms with Gasteiger partial charge in [-0.2, -0.15) is 0 Å². The maximum atomic E-state index is 5.79. The Morgan fingerprint density at radius 2 is 1.60 bits per heavy atom. The van der Waals surface area contributed by atoms with Gasteiger partial charge in [-0.15, -0.1) is 0 Å². The molecule has 2 heteroatoms. The van der Waals surface area contributed by atoms with Gasteiger partial charge in [0, 0.05) is 6.42 Å². The van der Waals surface area contributed by atoms with Crippen molar-refractivity contribution in [2.75, 3.05) is 7.11 Å². The number of methoxy groups -OCH3 is 1. The summed E-state index contributed by atoms with van der Waals surface area (Å²) in [5.74, 6) is 1.27. The van der Waals surface area contributed by atoms with Crippen LogP contribution in [0.2, 0.25) is 19.6 Å². The molecule has 1 aromatic rings. The van der Waals surface area contributed by atoms with E-state index in [0.29, 0.717) is 0 Å². The molecule has 2 aliphatic rings. The first-order valence-corrected chi connectivity index (χ1v) is 11.4. The first-order chi connectivity index (χ1) is 9.52. The van der Waals surface area contributed by atoms with E-state index in [-0.39, 0.29) is 0 Å². The van der Waals surface area contributed by atoms with Crippen LogP contribution in [0.25, 0.3) is 5.20 Å². The van der Waals surface area contributed by atoms with E-state index in [0.717, 1.165) is 12.8 Å². The van der Waals surface area contributed by atoms with Gasteiger partial charge < -0.3 is 4.74 Å². The first kappa shape index (κ1) is 13.9. The van der Waals surface area contributed by atoms with Crippen LogP contribution in [0.15, 0.2) is 17.9 Å². The van der Waals surface area contributed by atoms with Gasteiger partial charge in [-0.1, -0.05) is 31.8 Å². The lowest BCUT2D eigenvalue weighted by Gasteiger charge is -2.34. The predicted octanol–water partition coefficient (Wildman–Crippen LogP) is 4.75. The summed E-state index contributed by atoms with van der Waals surface area (Å²) in [6, 6.07) is 4.79. The van der Waals surface area contributed by atoms with Crippen molar-refractivity contribution < 1.29 is 4.74 Å². The lowest BCUT2D eigenvalue weighted by molar-refractivity contribution is 0.278. The van der Waals surface area contributed by atoms with Crippen LogP contribution >= 0.6 is 0 Å². The van der Waals surface area contributed by atoms with E-state index in [1.807, 2.05) is 7.11 Å². The lowest BCUT2D eigenvalue weighted by atomic mass is 9.82. The number of benzene rings is 1. The minimum atomic E-state index is -1.40. The Morgan fingerprint density at radius 3 is 2.30 bits per heavy atom. The number of allylic oxidation sites excluding steroid dienone is 1. The average Bonchev–Trinajstić information content (AvgIpc) is 2.44. The highest BCUT2D eigenvalue weighted by Gasteiger charge is 2.33. The van der Waals surface area contributed by atoms with E-state index in [1.54, 1.807) is 27.5 Å². The fourth-order valence-electron chi connectivity index (χ4n) is 3.91. The van der Waals surface area contributed by atoms with Crippen molar-refractivity contribution in [1.29, 1.82) is 0 Å². The molecule has 0 amide bonds. The molecular formula is C18H26OSi. The van der Waals surface area contributed by atoms with E-state index < -0.39 is 8.07 Å². The van der Waals surface area contributed by atoms with Gasteiger partial charge in [-0.05, 0) is 59.6 Å². The smallest absolute Gasteiger partial charge is 0.0957 e. The van der Waals surface area contributed by atoms with E-state index in [2.05, 4.69) is 31.8 Å². The number of aryl methyl sites for hydroxylation is 2. The summed E-state index contributed by atoms with van der Waals surface area (Å²) in [7, 11) is 0.461. The predicted molar refractivity (Wildman–Crippen MR) is 88.7 cm³/mol. The largest absolute Gasteiger partial charge is 0.501 e. The molecule has 0 fully saturated rings. The number of fused-ring (bicyclic) bond motifs is 3. The average molecular weight is 286 g/mol. The van der Waals surface area contributed by atoms with Gasteiger partial charge in [-0.3, -0.25) is 0 Å². The fourth-order valence-corrected chi connectivity index (χ4v) is 6.03. The van der Waals surface area contributed by atoms with E-state index in [1.165, 1.54) is 31.4 Å². The Morgan fingerprint density at radius 1 is 0.900 bits per heavy atom. The van der Waals surface area contributed by atoms with Crippen molar-refractivity contribution >= 4 is 13.3 Å². The molecule has 0 unspecified atom stereocenters. The van der Waals surface area contributed by atoms with Crippen molar-refractivity contribution in [3.8, 4) is 0 Å². The zero-order valence-corrected chi connectivity index (χ0v) is 14.3. The molecule has 0 aromatic heterocycles. The molecule has 0 saturated carbocycles. The second-order valence-electron chi connectivity index (χ2n) is 7.20. The minimum Gasteiger partial charge on any atom is -0.501 e. The van der Waals surface area contributed by atoms with Crippen LogP contribution in [0.1, 0.15) is 41.5 Å². The van der Waals surface area contributed by atoms with Crippen LogP contribution in [0.5, 0.6) is 0 Å². The molecule has 0 radical (unpaired) electrons. The van der Waals surface area contributed by atoms with Gasteiger partial charge >= 0.3 is 0 Å². The van der Waals surface area contributed by atoms with Crippen LogP contribution in [0.3, 0.4) is 0 Å². The monoisotopic (exact) mass is 286 g/mol. The van der Waals surface area contributed by atoms with Crippen LogP contribution in [-0.4, -0.2) is 15.2 Å². The second-order valence-corrected chi connectivity index (χ2v) is 12.2. The maximum Gasteiger partial charge on any atom is 0.0957 e. The van der Waals surface area contributed by atoms with Gasteiger partial charge in [0.2, 0.25) is 0 Å². The topological polar surface area (TPSA) is 9.23 Å². The van der Waals surface area contributed by atoms with Gasteiger partial charge in [0.15, 0.2) is 0 Å². The summed E-state index contributed by atoms with van der Waals surface area (Å²) in [5, 5.41) is 1.60. The number of hydrogen-bond donors (Lipinski definition) is 0. The Labute approximate surface area is 124 Å². The van der Waals surface area contributed by atoms with E-state index in [4.69, 9.17) is 4.74 Å². The van der Waals surface area contributed by atoms with Crippen molar-refractivity contribution in [2.45, 2.75) is 58.2 Å². The van der Waals surface area contributed by atoms with Gasteiger partial charge in [0.05, 0.1) is 20.9 Å². The Kier molecular flexibility index (Phi) is 3.53. The SMILES string of the molecule is COC1=C([Si](C)(C)C)c2c(ccc3c2CCCC3)CC1. The molecule has 0 saturated heterocycles. The normalized spacial score (nSPS) is 18.6. The Balaban J connectivity index is 2.26. The van der Waals surface area contributed by atoms with Crippen molar-refractivity contribution in [3.05, 3.63) is 40.1 Å². The Hall–Kier alpha value is -1.02. The third-order valence-electron chi connectivity index (χ3n) is 4.77. The molecule has 0 aliphatic heterocycles. The fraction of sp³-hybridized carbons (Fsp3) is 0.556. The zero-order valence-electron chi connectivity index (χ0n) is 13.3. The molecule has 108 valence electrons. The minimum absolute atomic E-state index is 1.09. The molecule has 1 nitrogen and oxygen atoms in total. The molecular weight excluding hydrogens is 260 g/mol. The number of rotatable bonds is 2. The third kappa shape index (κ3) is 2.24. The number of ether oxygens (including phenoxy) is 1. The summed E-state index contributed by atoms with van der Waals surface area (Å²) in [6.07, 6.45) is 7.48. The van der Waals surface area contributed by atoms with Crippen molar-refractivity contribution in [3.63, 3.8) is 0 Å². The molecule has 0 spiro atoms. The molecule has 0 N–H and O–H groups in total. The van der Waals surface area contributed by atoms with E-state index >= 15 is 0 Å². The van der Waals surface area contributed by atoms with E-state index in [9.17, 15) is 0 Å². The highest BCUT2D eigenvalue weighted by atomic mass is 28.3. The third-order valence-corrected chi connectivity index (χ3v) is 6.79. The molecule has 20 heavy (non-hydrogen) atoms. The highest BCUT2D eigenvalue weighted by molar-refractivity contribution is 6.93.